The number of rotatable bonds is 3. The van der Waals surface area contributed by atoms with Crippen LogP contribution in [0, 0.1) is 0 Å². The average Bonchev–Trinajstić information content (AvgIpc) is 3.13. The van der Waals surface area contributed by atoms with E-state index in [-0.39, 0.29) is 11.9 Å². The molecule has 2 aliphatic rings. The molecule has 0 spiro atoms. The number of carbonyl (C=O) groups is 1. The van der Waals surface area contributed by atoms with Crippen molar-refractivity contribution >= 4 is 11.9 Å². The molecule has 1 unspecified atom stereocenters. The molecule has 1 amide bonds. The Morgan fingerprint density at radius 3 is 2.69 bits per heavy atom. The van der Waals surface area contributed by atoms with Gasteiger partial charge < -0.3 is 9.80 Å². The van der Waals surface area contributed by atoms with E-state index >= 15 is 0 Å². The van der Waals surface area contributed by atoms with Crippen LogP contribution in [0.2, 0.25) is 0 Å². The Labute approximate surface area is 152 Å². The third-order valence-corrected chi connectivity index (χ3v) is 4.84. The summed E-state index contributed by atoms with van der Waals surface area (Å²) in [5.74, 6) is 0.767. The number of aromatic nitrogens is 3. The van der Waals surface area contributed by atoms with Crippen LogP contribution >= 0.6 is 0 Å². The van der Waals surface area contributed by atoms with E-state index in [2.05, 4.69) is 30.7 Å². The Morgan fingerprint density at radius 2 is 1.96 bits per heavy atom. The highest BCUT2D eigenvalue weighted by molar-refractivity contribution is 5.94. The summed E-state index contributed by atoms with van der Waals surface area (Å²) in [5.41, 5.74) is 7.90. The van der Waals surface area contributed by atoms with Crippen molar-refractivity contribution in [2.24, 2.45) is 0 Å². The molecule has 2 fully saturated rings. The predicted octanol–water partition coefficient (Wildman–Crippen LogP) is 0.763. The lowest BCUT2D eigenvalue weighted by Crippen LogP contribution is -2.35. The molecule has 8 heteroatoms. The maximum Gasteiger partial charge on any atom is 0.255 e. The number of hydrogen-bond donors (Lipinski definition) is 2. The summed E-state index contributed by atoms with van der Waals surface area (Å²) in [6.07, 6.45) is 7.09. The van der Waals surface area contributed by atoms with Gasteiger partial charge in [0.1, 0.15) is 0 Å². The first-order valence-electron chi connectivity index (χ1n) is 9.07. The molecule has 136 valence electrons. The molecule has 2 aromatic heterocycles. The highest BCUT2D eigenvalue weighted by Gasteiger charge is 2.22. The second-order valence-corrected chi connectivity index (χ2v) is 6.57. The monoisotopic (exact) mass is 353 g/mol. The molecular formula is C18H23N7O. The molecule has 0 aromatic carbocycles. The van der Waals surface area contributed by atoms with Crippen molar-refractivity contribution in [1.29, 1.82) is 0 Å². The van der Waals surface area contributed by atoms with Gasteiger partial charge in [0.25, 0.3) is 5.91 Å². The summed E-state index contributed by atoms with van der Waals surface area (Å²) in [4.78, 5) is 30.0. The summed E-state index contributed by atoms with van der Waals surface area (Å²) in [5, 5.41) is 0. The summed E-state index contributed by atoms with van der Waals surface area (Å²) in [7, 11) is 0. The van der Waals surface area contributed by atoms with Gasteiger partial charge in [-0.25, -0.2) is 15.4 Å². The van der Waals surface area contributed by atoms with Crippen LogP contribution in [0.4, 0.5) is 5.95 Å². The number of anilines is 1. The Morgan fingerprint density at radius 1 is 1.08 bits per heavy atom. The Bertz CT molecular complexity index is 731. The minimum Gasteiger partial charge on any atom is -0.339 e. The van der Waals surface area contributed by atoms with Crippen LogP contribution in [0.3, 0.4) is 0 Å². The van der Waals surface area contributed by atoms with Crippen molar-refractivity contribution in [1.82, 2.24) is 30.7 Å². The number of carbonyl (C=O) groups excluding carboxylic acids is 1. The number of hydrazine groups is 1. The maximum atomic E-state index is 12.8. The molecule has 4 heterocycles. The average molecular weight is 353 g/mol. The molecule has 2 N–H and O–H groups in total. The first-order valence-corrected chi connectivity index (χ1v) is 9.07. The number of amides is 1. The lowest BCUT2D eigenvalue weighted by molar-refractivity contribution is 0.0766. The van der Waals surface area contributed by atoms with Gasteiger partial charge in [0.2, 0.25) is 5.95 Å². The van der Waals surface area contributed by atoms with Crippen LogP contribution in [0.1, 0.15) is 34.9 Å². The molecule has 2 saturated heterocycles. The van der Waals surface area contributed by atoms with E-state index in [1.165, 1.54) is 0 Å². The molecule has 0 saturated carbocycles. The van der Waals surface area contributed by atoms with Gasteiger partial charge in [0, 0.05) is 51.3 Å². The molecule has 2 aliphatic heterocycles. The molecule has 8 nitrogen and oxygen atoms in total. The van der Waals surface area contributed by atoms with Crippen LogP contribution in [0.25, 0.3) is 0 Å². The highest BCUT2D eigenvalue weighted by atomic mass is 16.2. The number of hydrogen-bond acceptors (Lipinski definition) is 7. The minimum atomic E-state index is 0.0392. The van der Waals surface area contributed by atoms with E-state index < -0.39 is 0 Å². The fourth-order valence-electron chi connectivity index (χ4n) is 3.40. The third kappa shape index (κ3) is 3.66. The van der Waals surface area contributed by atoms with Crippen LogP contribution < -0.4 is 15.8 Å². The van der Waals surface area contributed by atoms with Crippen LogP contribution in [0.15, 0.2) is 36.8 Å². The van der Waals surface area contributed by atoms with Gasteiger partial charge in [0.15, 0.2) is 0 Å². The first kappa shape index (κ1) is 16.9. The van der Waals surface area contributed by atoms with Crippen molar-refractivity contribution in [3.05, 3.63) is 48.0 Å². The van der Waals surface area contributed by atoms with Crippen molar-refractivity contribution in [2.45, 2.75) is 18.9 Å². The van der Waals surface area contributed by atoms with Gasteiger partial charge >= 0.3 is 0 Å². The zero-order valence-corrected chi connectivity index (χ0v) is 14.6. The van der Waals surface area contributed by atoms with Crippen molar-refractivity contribution in [2.75, 3.05) is 37.6 Å². The topological polar surface area (TPSA) is 86.3 Å². The molecule has 0 bridgehead atoms. The molecule has 1 atom stereocenters. The fraction of sp³-hybridized carbons (Fsp3) is 0.444. The van der Waals surface area contributed by atoms with Crippen molar-refractivity contribution in [3.63, 3.8) is 0 Å². The molecule has 2 aromatic rings. The quantitative estimate of drug-likeness (QED) is 0.843. The molecule has 4 rings (SSSR count). The maximum absolute atomic E-state index is 12.8. The van der Waals surface area contributed by atoms with Crippen LogP contribution in [-0.4, -0.2) is 58.5 Å². The van der Waals surface area contributed by atoms with E-state index in [1.54, 1.807) is 18.6 Å². The van der Waals surface area contributed by atoms with Crippen molar-refractivity contribution in [3.8, 4) is 0 Å². The summed E-state index contributed by atoms with van der Waals surface area (Å²) >= 11 is 0. The summed E-state index contributed by atoms with van der Waals surface area (Å²) in [6, 6.07) is 5.86. The van der Waals surface area contributed by atoms with Gasteiger partial charge in [-0.3, -0.25) is 15.2 Å². The van der Waals surface area contributed by atoms with E-state index in [0.29, 0.717) is 12.1 Å². The SMILES string of the molecule is O=C(c1ccc(C2CCNN2)nc1)N1CCCN(c2ncccn2)CC1. The lowest BCUT2D eigenvalue weighted by atomic mass is 10.1. The number of nitrogens with one attached hydrogen (secondary N) is 2. The van der Waals surface area contributed by atoms with E-state index in [0.717, 1.165) is 50.7 Å². The summed E-state index contributed by atoms with van der Waals surface area (Å²) < 4.78 is 0. The van der Waals surface area contributed by atoms with E-state index in [1.807, 2.05) is 23.1 Å². The minimum absolute atomic E-state index is 0.0392. The fourth-order valence-corrected chi connectivity index (χ4v) is 3.40. The Balaban J connectivity index is 1.40. The molecule has 0 radical (unpaired) electrons. The van der Waals surface area contributed by atoms with Gasteiger partial charge in [-0.1, -0.05) is 0 Å². The molecule has 26 heavy (non-hydrogen) atoms. The second kappa shape index (κ2) is 7.76. The second-order valence-electron chi connectivity index (χ2n) is 6.57. The van der Waals surface area contributed by atoms with Gasteiger partial charge in [-0.05, 0) is 31.0 Å². The van der Waals surface area contributed by atoms with Crippen LogP contribution in [-0.2, 0) is 0 Å². The highest BCUT2D eigenvalue weighted by Crippen LogP contribution is 2.18. The van der Waals surface area contributed by atoms with Gasteiger partial charge in [0.05, 0.1) is 17.3 Å². The third-order valence-electron chi connectivity index (χ3n) is 4.84. The first-order chi connectivity index (χ1) is 12.8. The number of pyridine rings is 1. The zero-order valence-electron chi connectivity index (χ0n) is 14.6. The standard InChI is InChI=1S/C18H23N7O/c26-17(14-3-4-15(21-13-14)16-5-8-22-23-16)24-9-2-10-25(12-11-24)18-19-6-1-7-20-18/h1,3-4,6-7,13,16,22-23H,2,5,8-12H2. The van der Waals surface area contributed by atoms with E-state index in [4.69, 9.17) is 0 Å². The Kier molecular flexibility index (Phi) is 5.03. The zero-order chi connectivity index (χ0) is 17.8. The summed E-state index contributed by atoms with van der Waals surface area (Å²) in [6.45, 7) is 3.91. The predicted molar refractivity (Wildman–Crippen MR) is 97.5 cm³/mol. The molecular weight excluding hydrogens is 330 g/mol. The smallest absolute Gasteiger partial charge is 0.255 e. The molecule has 0 aliphatic carbocycles. The van der Waals surface area contributed by atoms with Crippen molar-refractivity contribution < 1.29 is 4.79 Å². The largest absolute Gasteiger partial charge is 0.339 e. The van der Waals surface area contributed by atoms with Crippen LogP contribution in [0.5, 0.6) is 0 Å². The lowest BCUT2D eigenvalue weighted by Gasteiger charge is -2.22. The van der Waals surface area contributed by atoms with Gasteiger partial charge in [-0.15, -0.1) is 0 Å². The normalized spacial score (nSPS) is 20.8. The Hall–Kier alpha value is -2.58. The van der Waals surface area contributed by atoms with E-state index in [9.17, 15) is 4.79 Å². The number of nitrogens with zero attached hydrogens (tertiary/aromatic N) is 5. The van der Waals surface area contributed by atoms with Gasteiger partial charge in [-0.2, -0.15) is 0 Å².